The highest BCUT2D eigenvalue weighted by atomic mass is 35.5. The Balaban J connectivity index is 1.49. The molecule has 1 unspecified atom stereocenters. The summed E-state index contributed by atoms with van der Waals surface area (Å²) in [6, 6.07) is 15.4. The number of allylic oxidation sites excluding steroid dienone is 1. The molecule has 1 aliphatic rings. The average molecular weight is 489 g/mol. The van der Waals surface area contributed by atoms with E-state index >= 15 is 0 Å². The van der Waals surface area contributed by atoms with Gasteiger partial charge in [-0.2, -0.15) is 0 Å². The number of nitrogens with zero attached hydrogens (tertiary/aromatic N) is 3. The van der Waals surface area contributed by atoms with Crippen LogP contribution in [0.5, 0.6) is 0 Å². The van der Waals surface area contributed by atoms with E-state index in [1.807, 2.05) is 36.4 Å². The number of aromatic nitrogens is 3. The molecule has 4 rings (SSSR count). The van der Waals surface area contributed by atoms with Gasteiger partial charge in [-0.15, -0.1) is 16.8 Å². The fourth-order valence-electron chi connectivity index (χ4n) is 3.47. The lowest BCUT2D eigenvalue weighted by atomic mass is 10.1. The number of halogens is 1. The Labute approximate surface area is 198 Å². The van der Waals surface area contributed by atoms with Crippen LogP contribution in [0.4, 0.5) is 0 Å². The molecule has 32 heavy (non-hydrogen) atoms. The van der Waals surface area contributed by atoms with E-state index in [1.54, 1.807) is 23.9 Å². The molecule has 0 aliphatic heterocycles. The highest BCUT2D eigenvalue weighted by Gasteiger charge is 2.30. The molecule has 6 nitrogen and oxygen atoms in total. The van der Waals surface area contributed by atoms with Crippen LogP contribution >= 0.6 is 23.4 Å². The molecular formula is C23H25ClN4O2S2. The van der Waals surface area contributed by atoms with E-state index < -0.39 is 10.0 Å². The summed E-state index contributed by atoms with van der Waals surface area (Å²) in [7, 11) is -3.70. The van der Waals surface area contributed by atoms with E-state index in [9.17, 15) is 8.42 Å². The molecule has 1 aromatic heterocycles. The van der Waals surface area contributed by atoms with Gasteiger partial charge in [0.15, 0.2) is 5.16 Å². The van der Waals surface area contributed by atoms with Crippen molar-refractivity contribution in [2.75, 3.05) is 5.75 Å². The van der Waals surface area contributed by atoms with Crippen LogP contribution in [-0.4, -0.2) is 28.9 Å². The molecule has 1 atom stereocenters. The van der Waals surface area contributed by atoms with Gasteiger partial charge in [-0.05, 0) is 49.1 Å². The zero-order valence-corrected chi connectivity index (χ0v) is 19.9. The molecule has 9 heteroatoms. The Morgan fingerprint density at radius 3 is 2.53 bits per heavy atom. The molecule has 2 aromatic carbocycles. The predicted octanol–water partition coefficient (Wildman–Crippen LogP) is 5.20. The first-order valence-electron chi connectivity index (χ1n) is 10.5. The van der Waals surface area contributed by atoms with Crippen molar-refractivity contribution in [1.82, 2.24) is 19.5 Å². The first-order chi connectivity index (χ1) is 15.5. The van der Waals surface area contributed by atoms with Crippen molar-refractivity contribution >= 4 is 33.4 Å². The number of benzene rings is 2. The Kier molecular flexibility index (Phi) is 7.35. The number of thioether (sulfide) groups is 1. The van der Waals surface area contributed by atoms with Gasteiger partial charge >= 0.3 is 0 Å². The Morgan fingerprint density at radius 1 is 1.16 bits per heavy atom. The smallest absolute Gasteiger partial charge is 0.241 e. The molecule has 3 aromatic rings. The van der Waals surface area contributed by atoms with E-state index in [0.29, 0.717) is 29.7 Å². The van der Waals surface area contributed by atoms with Crippen LogP contribution in [0.25, 0.3) is 0 Å². The van der Waals surface area contributed by atoms with Gasteiger partial charge in [0.2, 0.25) is 10.0 Å². The average Bonchev–Trinajstić information content (AvgIpc) is 3.56. The van der Waals surface area contributed by atoms with Gasteiger partial charge in [-0.25, -0.2) is 13.1 Å². The fourth-order valence-corrected chi connectivity index (χ4v) is 5.81. The first kappa shape index (κ1) is 23.0. The molecule has 0 saturated heterocycles. The van der Waals surface area contributed by atoms with Gasteiger partial charge in [-0.3, -0.25) is 0 Å². The number of hydrogen-bond acceptors (Lipinski definition) is 5. The minimum Gasteiger partial charge on any atom is -0.302 e. The quantitative estimate of drug-likeness (QED) is 0.296. The molecule has 1 saturated carbocycles. The maximum atomic E-state index is 13.0. The number of nitrogens with one attached hydrogen (secondary N) is 1. The summed E-state index contributed by atoms with van der Waals surface area (Å²) in [6.45, 7) is 4.52. The number of sulfonamides is 1. The normalized spacial score (nSPS) is 14.9. The summed E-state index contributed by atoms with van der Waals surface area (Å²) in [5, 5.41) is 10.1. The van der Waals surface area contributed by atoms with Crippen molar-refractivity contribution in [2.24, 2.45) is 0 Å². The topological polar surface area (TPSA) is 76.9 Å². The van der Waals surface area contributed by atoms with E-state index in [1.165, 1.54) is 12.1 Å². The Hall–Kier alpha value is -2.13. The second-order valence-electron chi connectivity index (χ2n) is 7.69. The third-order valence-electron chi connectivity index (χ3n) is 5.26. The van der Waals surface area contributed by atoms with Crippen LogP contribution in [0.15, 0.2) is 77.3 Å². The third-order valence-corrected chi connectivity index (χ3v) is 8.00. The summed E-state index contributed by atoms with van der Waals surface area (Å²) in [4.78, 5) is 0.190. The monoisotopic (exact) mass is 488 g/mol. The van der Waals surface area contributed by atoms with Gasteiger partial charge in [0.1, 0.15) is 5.82 Å². The fraction of sp³-hybridized carbons (Fsp3) is 0.304. The van der Waals surface area contributed by atoms with E-state index in [4.69, 9.17) is 11.6 Å². The third kappa shape index (κ3) is 5.61. The van der Waals surface area contributed by atoms with Crippen LogP contribution in [0, 0.1) is 0 Å². The molecule has 1 heterocycles. The van der Waals surface area contributed by atoms with E-state index in [-0.39, 0.29) is 10.9 Å². The summed E-state index contributed by atoms with van der Waals surface area (Å²) in [6.07, 6.45) is 4.76. The molecule has 0 bridgehead atoms. The molecule has 168 valence electrons. The van der Waals surface area contributed by atoms with E-state index in [2.05, 4.69) is 26.1 Å². The van der Waals surface area contributed by atoms with Gasteiger partial charge < -0.3 is 4.57 Å². The lowest BCUT2D eigenvalue weighted by Crippen LogP contribution is -2.29. The lowest BCUT2D eigenvalue weighted by molar-refractivity contribution is 0.551. The van der Waals surface area contributed by atoms with Crippen molar-refractivity contribution in [1.29, 1.82) is 0 Å². The minimum atomic E-state index is -3.70. The largest absolute Gasteiger partial charge is 0.302 e. The van der Waals surface area contributed by atoms with Gasteiger partial charge in [0.25, 0.3) is 0 Å². The van der Waals surface area contributed by atoms with Crippen molar-refractivity contribution in [2.45, 2.75) is 47.8 Å². The van der Waals surface area contributed by atoms with Gasteiger partial charge in [-0.1, -0.05) is 59.8 Å². The van der Waals surface area contributed by atoms with Gasteiger partial charge in [0, 0.05) is 29.3 Å². The van der Waals surface area contributed by atoms with Crippen LogP contribution in [-0.2, 0) is 16.6 Å². The molecule has 0 amide bonds. The SMILES string of the molecule is C=CCn1c(SCCC(NS(=O)(=O)c2ccc(Cl)cc2)c2ccccc2)nnc1C1CC1. The molecule has 0 radical (unpaired) electrons. The van der Waals surface area contributed by atoms with Crippen LogP contribution in [0.2, 0.25) is 5.02 Å². The van der Waals surface area contributed by atoms with Crippen LogP contribution in [0.3, 0.4) is 0 Å². The minimum absolute atomic E-state index is 0.190. The Bertz CT molecular complexity index is 1160. The summed E-state index contributed by atoms with van der Waals surface area (Å²) in [5.41, 5.74) is 0.914. The zero-order valence-electron chi connectivity index (χ0n) is 17.5. The highest BCUT2D eigenvalue weighted by Crippen LogP contribution is 2.40. The molecular weight excluding hydrogens is 464 g/mol. The molecule has 1 fully saturated rings. The number of rotatable bonds is 11. The maximum Gasteiger partial charge on any atom is 0.241 e. The van der Waals surface area contributed by atoms with Crippen molar-refractivity contribution in [3.8, 4) is 0 Å². The van der Waals surface area contributed by atoms with Crippen molar-refractivity contribution in [3.05, 3.63) is 83.7 Å². The zero-order chi connectivity index (χ0) is 22.6. The summed E-state index contributed by atoms with van der Waals surface area (Å²) < 4.78 is 31.0. The predicted molar refractivity (Wildman–Crippen MR) is 128 cm³/mol. The van der Waals surface area contributed by atoms with Crippen LogP contribution < -0.4 is 4.72 Å². The number of hydrogen-bond donors (Lipinski definition) is 1. The second-order valence-corrected chi connectivity index (χ2v) is 10.9. The van der Waals surface area contributed by atoms with Crippen molar-refractivity contribution < 1.29 is 8.42 Å². The standard InChI is InChI=1S/C23H25ClN4O2S2/c1-2-15-28-22(18-8-9-18)25-26-23(28)31-16-14-21(17-6-4-3-5-7-17)27-32(29,30)20-12-10-19(24)11-13-20/h2-7,10-13,18,21,27H,1,8-9,14-16H2. The lowest BCUT2D eigenvalue weighted by Gasteiger charge is -2.19. The van der Waals surface area contributed by atoms with E-state index in [0.717, 1.165) is 29.4 Å². The van der Waals surface area contributed by atoms with Gasteiger partial charge in [0.05, 0.1) is 4.90 Å². The second kappa shape index (κ2) is 10.2. The first-order valence-corrected chi connectivity index (χ1v) is 13.3. The Morgan fingerprint density at radius 2 is 1.88 bits per heavy atom. The molecule has 1 N–H and O–H groups in total. The van der Waals surface area contributed by atoms with Crippen LogP contribution in [0.1, 0.15) is 42.6 Å². The summed E-state index contributed by atoms with van der Waals surface area (Å²) >= 11 is 7.50. The summed E-state index contributed by atoms with van der Waals surface area (Å²) in [5.74, 6) is 2.21. The maximum absolute atomic E-state index is 13.0. The molecule has 0 spiro atoms. The molecule has 1 aliphatic carbocycles. The highest BCUT2D eigenvalue weighted by molar-refractivity contribution is 7.99. The van der Waals surface area contributed by atoms with Crippen molar-refractivity contribution in [3.63, 3.8) is 0 Å².